The number of rotatable bonds is 4. The van der Waals surface area contributed by atoms with E-state index < -0.39 is 5.97 Å². The van der Waals surface area contributed by atoms with Crippen molar-refractivity contribution in [1.82, 2.24) is 14.8 Å². The molecule has 1 aromatic heterocycles. The Morgan fingerprint density at radius 2 is 2.15 bits per heavy atom. The first kappa shape index (κ1) is 13.5. The zero-order valence-corrected chi connectivity index (χ0v) is 10.7. The average molecular weight is 275 g/mol. The number of amides is 1. The lowest BCUT2D eigenvalue weighted by Gasteiger charge is -2.09. The summed E-state index contributed by atoms with van der Waals surface area (Å²) in [7, 11) is 1.28. The fourth-order valence-corrected chi connectivity index (χ4v) is 1.60. The van der Waals surface area contributed by atoms with Crippen LogP contribution in [0.5, 0.6) is 0 Å². The van der Waals surface area contributed by atoms with Gasteiger partial charge in [-0.1, -0.05) is 12.1 Å². The first-order chi connectivity index (χ1) is 9.60. The quantitative estimate of drug-likeness (QED) is 0.775. The van der Waals surface area contributed by atoms with E-state index in [0.717, 1.165) is 0 Å². The Labute approximate surface area is 114 Å². The zero-order valence-electron chi connectivity index (χ0n) is 10.7. The number of carbonyl (C=O) groups is 2. The first-order valence-corrected chi connectivity index (χ1v) is 5.72. The van der Waals surface area contributed by atoms with Crippen LogP contribution in [0.2, 0.25) is 0 Å². The predicted molar refractivity (Wildman–Crippen MR) is 70.8 cm³/mol. The number of ether oxygens (including phenoxy) is 1. The van der Waals surface area contributed by atoms with Crippen LogP contribution in [0.15, 0.2) is 30.6 Å². The van der Waals surface area contributed by atoms with E-state index in [1.54, 1.807) is 24.3 Å². The van der Waals surface area contributed by atoms with E-state index >= 15 is 0 Å². The summed E-state index contributed by atoms with van der Waals surface area (Å²) in [5.41, 5.74) is 6.00. The van der Waals surface area contributed by atoms with Crippen LogP contribution in [0.25, 0.3) is 0 Å². The van der Waals surface area contributed by atoms with Gasteiger partial charge in [-0.25, -0.2) is 14.5 Å². The Morgan fingerprint density at radius 1 is 1.40 bits per heavy atom. The fraction of sp³-hybridized carbons (Fsp3) is 0.167. The molecule has 0 saturated carbocycles. The maximum atomic E-state index is 11.9. The standard InChI is InChI=1S/C12H13N5O3/c1-20-11(19)8-4-2-3-5-9(8)15-10(18)6-17-7-14-12(13)16-17/h2-5,7H,6H2,1H3,(H2,13,16)(H,15,18). The van der Waals surface area contributed by atoms with Crippen LogP contribution in [-0.4, -0.2) is 33.8 Å². The minimum atomic E-state index is -0.522. The summed E-state index contributed by atoms with van der Waals surface area (Å²) in [6.45, 7) is -0.0558. The smallest absolute Gasteiger partial charge is 0.339 e. The van der Waals surface area contributed by atoms with Crippen molar-refractivity contribution in [3.63, 3.8) is 0 Å². The Morgan fingerprint density at radius 3 is 2.80 bits per heavy atom. The highest BCUT2D eigenvalue weighted by molar-refractivity contribution is 6.01. The fourth-order valence-electron chi connectivity index (χ4n) is 1.60. The monoisotopic (exact) mass is 275 g/mol. The Hall–Kier alpha value is -2.90. The molecule has 104 valence electrons. The molecule has 2 aromatic rings. The maximum Gasteiger partial charge on any atom is 0.339 e. The van der Waals surface area contributed by atoms with Gasteiger partial charge >= 0.3 is 5.97 Å². The molecule has 1 amide bonds. The van der Waals surface area contributed by atoms with Crippen molar-refractivity contribution in [1.29, 1.82) is 0 Å². The number of carbonyl (C=O) groups excluding carboxylic acids is 2. The van der Waals surface area contributed by atoms with Crippen LogP contribution >= 0.6 is 0 Å². The number of nitrogen functional groups attached to an aromatic ring is 1. The minimum Gasteiger partial charge on any atom is -0.465 e. The first-order valence-electron chi connectivity index (χ1n) is 5.72. The lowest BCUT2D eigenvalue weighted by molar-refractivity contribution is -0.116. The van der Waals surface area contributed by atoms with Gasteiger partial charge in [0.05, 0.1) is 18.4 Å². The number of nitrogens with two attached hydrogens (primary N) is 1. The summed E-state index contributed by atoms with van der Waals surface area (Å²) >= 11 is 0. The van der Waals surface area contributed by atoms with Gasteiger partial charge < -0.3 is 15.8 Å². The largest absolute Gasteiger partial charge is 0.465 e. The van der Waals surface area contributed by atoms with Gasteiger partial charge in [0.1, 0.15) is 12.9 Å². The SMILES string of the molecule is COC(=O)c1ccccc1NC(=O)Cn1cnc(N)n1. The second kappa shape index (κ2) is 5.83. The molecule has 3 N–H and O–H groups in total. The van der Waals surface area contributed by atoms with Crippen molar-refractivity contribution in [2.45, 2.75) is 6.54 Å². The number of nitrogens with one attached hydrogen (secondary N) is 1. The molecule has 1 aromatic carbocycles. The van der Waals surface area contributed by atoms with Crippen LogP contribution in [-0.2, 0) is 16.1 Å². The average Bonchev–Trinajstić information content (AvgIpc) is 2.83. The summed E-state index contributed by atoms with van der Waals surface area (Å²) in [4.78, 5) is 27.1. The minimum absolute atomic E-state index is 0.0558. The lowest BCUT2D eigenvalue weighted by Crippen LogP contribution is -2.20. The van der Waals surface area contributed by atoms with Crippen molar-refractivity contribution < 1.29 is 14.3 Å². The van der Waals surface area contributed by atoms with Crippen molar-refractivity contribution in [2.24, 2.45) is 0 Å². The number of hydrogen-bond acceptors (Lipinski definition) is 6. The molecule has 0 aliphatic rings. The van der Waals surface area contributed by atoms with Gasteiger partial charge in [-0.3, -0.25) is 4.79 Å². The number of benzene rings is 1. The second-order valence-electron chi connectivity index (χ2n) is 3.89. The van der Waals surface area contributed by atoms with Gasteiger partial charge in [0.2, 0.25) is 11.9 Å². The normalized spacial score (nSPS) is 10.1. The van der Waals surface area contributed by atoms with Gasteiger partial charge in [-0.15, -0.1) is 5.10 Å². The van der Waals surface area contributed by atoms with Gasteiger partial charge in [-0.05, 0) is 12.1 Å². The highest BCUT2D eigenvalue weighted by atomic mass is 16.5. The molecular weight excluding hydrogens is 262 g/mol. The molecule has 1 heterocycles. The third-order valence-electron chi connectivity index (χ3n) is 2.47. The van der Waals surface area contributed by atoms with E-state index in [9.17, 15) is 9.59 Å². The highest BCUT2D eigenvalue weighted by Gasteiger charge is 2.13. The molecule has 0 aliphatic heterocycles. The second-order valence-corrected chi connectivity index (χ2v) is 3.89. The van der Waals surface area contributed by atoms with Crippen LogP contribution < -0.4 is 11.1 Å². The molecule has 0 saturated heterocycles. The molecule has 0 unspecified atom stereocenters. The topological polar surface area (TPSA) is 112 Å². The molecule has 0 bridgehead atoms. The highest BCUT2D eigenvalue weighted by Crippen LogP contribution is 2.15. The van der Waals surface area contributed by atoms with E-state index in [4.69, 9.17) is 5.73 Å². The Bertz CT molecular complexity index is 638. The van der Waals surface area contributed by atoms with E-state index in [0.29, 0.717) is 5.69 Å². The number of aromatic nitrogens is 3. The van der Waals surface area contributed by atoms with Gasteiger partial charge in [0, 0.05) is 0 Å². The third-order valence-corrected chi connectivity index (χ3v) is 2.47. The number of anilines is 2. The molecule has 8 heteroatoms. The Kier molecular flexibility index (Phi) is 3.94. The number of para-hydroxylation sites is 1. The summed E-state index contributed by atoms with van der Waals surface area (Å²) in [6, 6.07) is 6.56. The van der Waals surface area contributed by atoms with Crippen molar-refractivity contribution in [3.8, 4) is 0 Å². The maximum absolute atomic E-state index is 11.9. The molecule has 0 spiro atoms. The van der Waals surface area contributed by atoms with Gasteiger partial charge in [0.15, 0.2) is 0 Å². The molecule has 0 fully saturated rings. The summed E-state index contributed by atoms with van der Waals surface area (Å²) in [6.07, 6.45) is 1.35. The van der Waals surface area contributed by atoms with Gasteiger partial charge in [-0.2, -0.15) is 0 Å². The van der Waals surface area contributed by atoms with Crippen LogP contribution in [0.4, 0.5) is 11.6 Å². The van der Waals surface area contributed by atoms with Crippen molar-refractivity contribution in [2.75, 3.05) is 18.2 Å². The molecule has 2 rings (SSSR count). The molecule has 8 nitrogen and oxygen atoms in total. The van der Waals surface area contributed by atoms with Crippen LogP contribution in [0.3, 0.4) is 0 Å². The lowest BCUT2D eigenvalue weighted by atomic mass is 10.2. The Balaban J connectivity index is 2.10. The van der Waals surface area contributed by atoms with E-state index in [2.05, 4.69) is 20.1 Å². The number of hydrogen-bond donors (Lipinski definition) is 2. The van der Waals surface area contributed by atoms with E-state index in [-0.39, 0.29) is 24.0 Å². The predicted octanol–water partition coefficient (Wildman–Crippen LogP) is 0.286. The molecule has 0 aliphatic carbocycles. The van der Waals surface area contributed by atoms with Crippen LogP contribution in [0, 0.1) is 0 Å². The summed E-state index contributed by atoms with van der Waals surface area (Å²) in [5.74, 6) is -0.787. The molecule has 20 heavy (non-hydrogen) atoms. The van der Waals surface area contributed by atoms with Crippen molar-refractivity contribution >= 4 is 23.5 Å². The number of esters is 1. The molecule has 0 atom stereocenters. The zero-order chi connectivity index (χ0) is 14.5. The van der Waals surface area contributed by atoms with E-state index in [1.165, 1.54) is 18.1 Å². The molecule has 0 radical (unpaired) electrons. The third kappa shape index (κ3) is 3.10. The summed E-state index contributed by atoms with van der Waals surface area (Å²) < 4.78 is 5.94. The number of nitrogens with zero attached hydrogens (tertiary/aromatic N) is 3. The van der Waals surface area contributed by atoms with E-state index in [1.807, 2.05) is 0 Å². The van der Waals surface area contributed by atoms with Gasteiger partial charge in [0.25, 0.3) is 0 Å². The summed E-state index contributed by atoms with van der Waals surface area (Å²) in [5, 5.41) is 6.41. The van der Waals surface area contributed by atoms with Crippen molar-refractivity contribution in [3.05, 3.63) is 36.2 Å². The number of methoxy groups -OCH3 is 1. The molecular formula is C12H13N5O3. The van der Waals surface area contributed by atoms with Crippen LogP contribution in [0.1, 0.15) is 10.4 Å².